The van der Waals surface area contributed by atoms with E-state index in [1.165, 1.54) is 37.9 Å². The maximum Gasteiger partial charge on any atom is 0.150 e. The largest absolute Gasteiger partial charge is 0.494 e. The number of nitrogens with zero attached hydrogens (tertiary/aromatic N) is 2. The van der Waals surface area contributed by atoms with E-state index in [1.807, 2.05) is 11.2 Å². The molecule has 3 rings (SSSR count). The van der Waals surface area contributed by atoms with Crippen molar-refractivity contribution in [2.24, 2.45) is 0 Å². The van der Waals surface area contributed by atoms with E-state index in [0.29, 0.717) is 6.61 Å². The molecule has 0 bridgehead atoms. The number of piperidine rings is 1. The standard InChI is InChI=1S/C17H26N4OS2/c23-17-19-21(14-24-17)18-8-5-11-22-16-7-4-6-15(12-16)13-20-9-2-1-3-10-20/h4,6-7,12,18H,1-3,5,8-11,13-14H2,(H,19,23). The number of likely N-dealkylation sites (tertiary alicyclic amines) is 1. The summed E-state index contributed by atoms with van der Waals surface area (Å²) < 4.78 is 6.72. The van der Waals surface area contributed by atoms with E-state index in [2.05, 4.69) is 34.0 Å². The lowest BCUT2D eigenvalue weighted by atomic mass is 10.1. The normalized spacial score (nSPS) is 19.4. The van der Waals surface area contributed by atoms with Crippen LogP contribution >= 0.6 is 24.0 Å². The molecule has 1 aromatic carbocycles. The van der Waals surface area contributed by atoms with Gasteiger partial charge < -0.3 is 4.74 Å². The molecule has 2 fully saturated rings. The molecule has 2 saturated heterocycles. The average molecular weight is 367 g/mol. The van der Waals surface area contributed by atoms with Crippen LogP contribution in [0.25, 0.3) is 0 Å². The molecule has 0 atom stereocenters. The third kappa shape index (κ3) is 5.89. The van der Waals surface area contributed by atoms with Crippen molar-refractivity contribution in [1.82, 2.24) is 20.9 Å². The molecule has 0 saturated carbocycles. The topological polar surface area (TPSA) is 39.8 Å². The van der Waals surface area contributed by atoms with E-state index >= 15 is 0 Å². The molecule has 2 heterocycles. The Balaban J connectivity index is 1.34. The molecule has 2 aliphatic rings. The molecule has 1 aromatic rings. The van der Waals surface area contributed by atoms with Gasteiger partial charge in [-0.25, -0.2) is 5.43 Å². The van der Waals surface area contributed by atoms with Crippen molar-refractivity contribution in [3.05, 3.63) is 29.8 Å². The Kier molecular flexibility index (Phi) is 7.16. The van der Waals surface area contributed by atoms with Crippen molar-refractivity contribution in [2.45, 2.75) is 32.2 Å². The molecule has 2 N–H and O–H groups in total. The zero-order valence-corrected chi connectivity index (χ0v) is 15.6. The number of thioether (sulfide) groups is 1. The minimum absolute atomic E-state index is 0.714. The molecule has 24 heavy (non-hydrogen) atoms. The third-order valence-electron chi connectivity index (χ3n) is 4.20. The molecular formula is C17H26N4OS2. The Morgan fingerprint density at radius 3 is 2.92 bits per heavy atom. The summed E-state index contributed by atoms with van der Waals surface area (Å²) in [6.07, 6.45) is 4.99. The van der Waals surface area contributed by atoms with Gasteiger partial charge in [-0.05, 0) is 50.0 Å². The summed E-state index contributed by atoms with van der Waals surface area (Å²) >= 11 is 6.70. The SMILES string of the molecule is S=C1NN(NCCCOc2cccc(CN3CCCCC3)c2)CS1. The van der Waals surface area contributed by atoms with E-state index in [4.69, 9.17) is 17.0 Å². The molecular weight excluding hydrogens is 340 g/mol. The van der Waals surface area contributed by atoms with Crippen LogP contribution in [0.2, 0.25) is 0 Å². The van der Waals surface area contributed by atoms with Crippen LogP contribution in [-0.4, -0.2) is 46.5 Å². The maximum absolute atomic E-state index is 5.89. The summed E-state index contributed by atoms with van der Waals surface area (Å²) in [5.41, 5.74) is 7.72. The molecule has 0 radical (unpaired) electrons. The molecule has 0 aliphatic carbocycles. The van der Waals surface area contributed by atoms with Crippen molar-refractivity contribution < 1.29 is 4.74 Å². The van der Waals surface area contributed by atoms with Crippen molar-refractivity contribution in [3.8, 4) is 5.75 Å². The first-order chi connectivity index (χ1) is 11.8. The lowest BCUT2D eigenvalue weighted by Crippen LogP contribution is -2.44. The number of benzene rings is 1. The van der Waals surface area contributed by atoms with Gasteiger partial charge in [-0.15, -0.1) is 5.12 Å². The van der Waals surface area contributed by atoms with Crippen LogP contribution in [-0.2, 0) is 6.54 Å². The Hall–Kier alpha value is -0.860. The predicted octanol–water partition coefficient (Wildman–Crippen LogP) is 2.74. The highest BCUT2D eigenvalue weighted by Crippen LogP contribution is 2.17. The molecule has 5 nitrogen and oxygen atoms in total. The quantitative estimate of drug-likeness (QED) is 0.541. The minimum Gasteiger partial charge on any atom is -0.494 e. The zero-order chi connectivity index (χ0) is 16.6. The van der Waals surface area contributed by atoms with Crippen LogP contribution in [0.3, 0.4) is 0 Å². The highest BCUT2D eigenvalue weighted by Gasteiger charge is 2.14. The summed E-state index contributed by atoms with van der Waals surface area (Å²) in [4.78, 5) is 2.54. The van der Waals surface area contributed by atoms with Crippen molar-refractivity contribution in [3.63, 3.8) is 0 Å². The van der Waals surface area contributed by atoms with E-state index in [9.17, 15) is 0 Å². The fourth-order valence-electron chi connectivity index (χ4n) is 2.97. The Bertz CT molecular complexity index is 537. The van der Waals surface area contributed by atoms with Gasteiger partial charge in [0.2, 0.25) is 0 Å². The van der Waals surface area contributed by atoms with Gasteiger partial charge in [0.15, 0.2) is 4.32 Å². The number of hydrazine groups is 2. The van der Waals surface area contributed by atoms with Crippen LogP contribution in [0.4, 0.5) is 0 Å². The fourth-order valence-corrected chi connectivity index (χ4v) is 3.81. The molecule has 0 spiro atoms. The van der Waals surface area contributed by atoms with E-state index in [-0.39, 0.29) is 0 Å². The lowest BCUT2D eigenvalue weighted by molar-refractivity contribution is 0.187. The molecule has 2 aliphatic heterocycles. The van der Waals surface area contributed by atoms with E-state index in [0.717, 1.165) is 35.5 Å². The van der Waals surface area contributed by atoms with Gasteiger partial charge in [0.1, 0.15) is 5.75 Å². The number of rotatable bonds is 8. The summed E-state index contributed by atoms with van der Waals surface area (Å²) in [5.74, 6) is 1.82. The van der Waals surface area contributed by atoms with Gasteiger partial charge >= 0.3 is 0 Å². The van der Waals surface area contributed by atoms with Gasteiger partial charge in [-0.1, -0.05) is 42.5 Å². The van der Waals surface area contributed by atoms with Crippen LogP contribution in [0, 0.1) is 0 Å². The first-order valence-corrected chi connectivity index (χ1v) is 10.1. The lowest BCUT2D eigenvalue weighted by Gasteiger charge is -2.26. The van der Waals surface area contributed by atoms with Gasteiger partial charge in [0.05, 0.1) is 12.5 Å². The second-order valence-corrected chi connectivity index (χ2v) is 7.82. The first-order valence-electron chi connectivity index (χ1n) is 8.68. The Morgan fingerprint density at radius 2 is 2.12 bits per heavy atom. The number of hydrogen-bond acceptors (Lipinski definition) is 6. The molecule has 0 aromatic heterocycles. The predicted molar refractivity (Wildman–Crippen MR) is 104 cm³/mol. The molecule has 132 valence electrons. The number of ether oxygens (including phenoxy) is 1. The summed E-state index contributed by atoms with van der Waals surface area (Å²) in [6.45, 7) is 5.07. The van der Waals surface area contributed by atoms with Crippen molar-refractivity contribution in [1.29, 1.82) is 0 Å². The maximum atomic E-state index is 5.89. The highest BCUT2D eigenvalue weighted by molar-refractivity contribution is 8.23. The van der Waals surface area contributed by atoms with Crippen molar-refractivity contribution >= 4 is 28.3 Å². The second kappa shape index (κ2) is 9.58. The van der Waals surface area contributed by atoms with Gasteiger partial charge in [-0.2, -0.15) is 0 Å². The number of thiocarbonyl (C=S) groups is 1. The van der Waals surface area contributed by atoms with E-state index in [1.54, 1.807) is 11.8 Å². The van der Waals surface area contributed by atoms with Crippen LogP contribution in [0.15, 0.2) is 24.3 Å². The number of nitrogens with one attached hydrogen (secondary N) is 2. The zero-order valence-electron chi connectivity index (χ0n) is 14.0. The number of hydrogen-bond donors (Lipinski definition) is 2. The molecule has 0 amide bonds. The third-order valence-corrected chi connectivity index (χ3v) is 5.38. The second-order valence-electron chi connectivity index (χ2n) is 6.20. The Labute approximate surface area is 154 Å². The van der Waals surface area contributed by atoms with Gasteiger partial charge in [-0.3, -0.25) is 10.3 Å². The molecule has 7 heteroatoms. The summed E-state index contributed by atoms with van der Waals surface area (Å²) in [5, 5.41) is 1.92. The fraction of sp³-hybridized carbons (Fsp3) is 0.588. The highest BCUT2D eigenvalue weighted by atomic mass is 32.2. The minimum atomic E-state index is 0.714. The van der Waals surface area contributed by atoms with Crippen molar-refractivity contribution in [2.75, 3.05) is 32.1 Å². The average Bonchev–Trinajstić information content (AvgIpc) is 3.01. The molecule has 0 unspecified atom stereocenters. The summed E-state index contributed by atoms with van der Waals surface area (Å²) in [7, 11) is 0. The smallest absolute Gasteiger partial charge is 0.150 e. The Morgan fingerprint density at radius 1 is 1.25 bits per heavy atom. The van der Waals surface area contributed by atoms with E-state index < -0.39 is 0 Å². The van der Waals surface area contributed by atoms with Crippen LogP contribution in [0.1, 0.15) is 31.2 Å². The van der Waals surface area contributed by atoms with Crippen LogP contribution < -0.4 is 15.6 Å². The monoisotopic (exact) mass is 366 g/mol. The first kappa shape index (κ1) is 17.9. The summed E-state index contributed by atoms with van der Waals surface area (Å²) in [6, 6.07) is 8.52. The van der Waals surface area contributed by atoms with Gasteiger partial charge in [0, 0.05) is 13.1 Å². The van der Waals surface area contributed by atoms with Crippen LogP contribution in [0.5, 0.6) is 5.75 Å². The van der Waals surface area contributed by atoms with Gasteiger partial charge in [0.25, 0.3) is 0 Å².